The van der Waals surface area contributed by atoms with E-state index in [-0.39, 0.29) is 72.8 Å². The zero-order chi connectivity index (χ0) is 59.2. The largest absolute Gasteiger partial charge is 0.347 e. The molecule has 10 atom stereocenters. The van der Waals surface area contributed by atoms with Gasteiger partial charge in [0.15, 0.2) is 0 Å². The summed E-state index contributed by atoms with van der Waals surface area (Å²) in [5.41, 5.74) is 4.30. The quantitative estimate of drug-likeness (QED) is 0.0740. The van der Waals surface area contributed by atoms with Gasteiger partial charge in [-0.1, -0.05) is 90.1 Å². The summed E-state index contributed by atoms with van der Waals surface area (Å²) in [5.74, 6) is -3.16. The molecule has 20 nitrogen and oxygen atoms in total. The zero-order valence-corrected chi connectivity index (χ0v) is 49.0. The predicted octanol–water partition coefficient (Wildman–Crippen LogP) is 4.21. The number of nitrogens with zero attached hydrogens (tertiary/aromatic N) is 4. The number of carbonyl (C=O) groups excluding carboxylic acids is 8. The summed E-state index contributed by atoms with van der Waals surface area (Å²) in [7, 11) is 3.32. The van der Waals surface area contributed by atoms with Gasteiger partial charge in [-0.05, 0) is 137 Å². The third-order valence-electron chi connectivity index (χ3n) is 16.6. The number of aryl methyl sites for hydroxylation is 2. The number of nitrogens with one attached hydrogen (secondary N) is 8. The highest BCUT2D eigenvalue weighted by Crippen LogP contribution is 2.34. The minimum atomic E-state index is -0.972. The van der Waals surface area contributed by atoms with Crippen LogP contribution in [0.5, 0.6) is 0 Å². The predicted molar refractivity (Wildman–Crippen MR) is 311 cm³/mol. The highest BCUT2D eigenvalue weighted by atomic mass is 16.2. The van der Waals surface area contributed by atoms with E-state index < -0.39 is 82.8 Å². The smallest absolute Gasteiger partial charge is 0.253 e. The first-order valence-electron chi connectivity index (χ1n) is 28.8. The van der Waals surface area contributed by atoms with Gasteiger partial charge >= 0.3 is 0 Å². The summed E-state index contributed by atoms with van der Waals surface area (Å²) in [6.45, 7) is 14.6. The van der Waals surface area contributed by atoms with Crippen LogP contribution in [0.4, 0.5) is 0 Å². The molecule has 10 unspecified atom stereocenters. The van der Waals surface area contributed by atoms with Gasteiger partial charge in [0.25, 0.3) is 11.8 Å². The Morgan fingerprint density at radius 1 is 0.524 bits per heavy atom. The molecule has 2 aliphatic carbocycles. The molecule has 4 aromatic rings. The van der Waals surface area contributed by atoms with E-state index in [1.165, 1.54) is 33.3 Å². The molecule has 0 bridgehead atoms. The third-order valence-corrected chi connectivity index (χ3v) is 16.6. The summed E-state index contributed by atoms with van der Waals surface area (Å²) in [4.78, 5) is 124. The summed E-state index contributed by atoms with van der Waals surface area (Å²) < 4.78 is 0. The van der Waals surface area contributed by atoms with Gasteiger partial charge in [-0.2, -0.15) is 0 Å². The Labute approximate surface area is 481 Å². The van der Waals surface area contributed by atoms with Crippen LogP contribution in [0.1, 0.15) is 149 Å². The van der Waals surface area contributed by atoms with Gasteiger partial charge in [0.2, 0.25) is 35.4 Å². The van der Waals surface area contributed by atoms with Crippen molar-refractivity contribution in [2.75, 3.05) is 27.2 Å². The Morgan fingerprint density at radius 2 is 0.902 bits per heavy atom. The Morgan fingerprint density at radius 3 is 1.24 bits per heavy atom. The molecule has 2 aromatic carbocycles. The first-order valence-corrected chi connectivity index (χ1v) is 28.8. The van der Waals surface area contributed by atoms with Crippen LogP contribution in [0.3, 0.4) is 0 Å². The van der Waals surface area contributed by atoms with Crippen LogP contribution >= 0.6 is 0 Å². The molecule has 8 amide bonds. The average molecular weight is 1120 g/mol. The number of likely N-dealkylation sites (N-methyl/N-ethyl adjacent to an activating group) is 2. The van der Waals surface area contributed by atoms with Crippen molar-refractivity contribution >= 4 is 47.3 Å². The van der Waals surface area contributed by atoms with Gasteiger partial charge in [0.1, 0.15) is 24.2 Å². The van der Waals surface area contributed by atoms with Crippen molar-refractivity contribution in [1.82, 2.24) is 62.3 Å². The van der Waals surface area contributed by atoms with Crippen molar-refractivity contribution in [1.29, 1.82) is 0 Å². The van der Waals surface area contributed by atoms with Crippen molar-refractivity contribution in [3.8, 4) is 11.4 Å². The number of pyridine rings is 2. The van der Waals surface area contributed by atoms with E-state index in [9.17, 15) is 38.4 Å². The Hall–Kier alpha value is -7.58. The van der Waals surface area contributed by atoms with Gasteiger partial charge in [-0.3, -0.25) is 48.3 Å². The van der Waals surface area contributed by atoms with E-state index in [2.05, 4.69) is 64.6 Å². The molecule has 2 aliphatic heterocycles. The third kappa shape index (κ3) is 14.0. The molecule has 0 spiro atoms. The number of aromatic nitrogens is 2. The minimum absolute atomic E-state index is 0.0279. The number of likely N-dealkylation sites (tertiary alicyclic amines) is 2. The van der Waals surface area contributed by atoms with E-state index in [0.29, 0.717) is 11.4 Å². The SMILES string of the molecule is CNC(C)C(=O)NC(C(=O)N1CC(NC(=O)c2ccc(-c3ccc(C(=O)NC4CC(C(=O)NC5CCCc6ccccc65)N(C(=O)C(NC(=O)C(C)NC)C(C)(C)C)C4)cn3)nc2)CC1C(=O)NC1CCCc2ccccc21)C(C)(C)C. The molecule has 0 radical (unpaired) electrons. The van der Waals surface area contributed by atoms with E-state index in [0.717, 1.165) is 49.7 Å². The van der Waals surface area contributed by atoms with Gasteiger partial charge in [0.05, 0.1) is 46.7 Å². The van der Waals surface area contributed by atoms with E-state index in [4.69, 9.17) is 0 Å². The number of amides is 8. The normalized spacial score (nSPS) is 22.0. The number of carbonyl (C=O) groups is 8. The minimum Gasteiger partial charge on any atom is -0.347 e. The lowest BCUT2D eigenvalue weighted by atomic mass is 9.85. The van der Waals surface area contributed by atoms with Crippen LogP contribution in [0.2, 0.25) is 0 Å². The van der Waals surface area contributed by atoms with E-state index in [1.54, 1.807) is 52.2 Å². The first kappa shape index (κ1) is 60.5. The van der Waals surface area contributed by atoms with Crippen molar-refractivity contribution in [3.05, 3.63) is 119 Å². The maximum Gasteiger partial charge on any atom is 0.253 e. The van der Waals surface area contributed by atoms with Gasteiger partial charge in [0, 0.05) is 37.6 Å². The van der Waals surface area contributed by atoms with Gasteiger partial charge in [-0.25, -0.2) is 0 Å². The lowest BCUT2D eigenvalue weighted by Gasteiger charge is -2.36. The maximum atomic E-state index is 14.6. The van der Waals surface area contributed by atoms with Gasteiger partial charge < -0.3 is 52.3 Å². The average Bonchev–Trinajstić information content (AvgIpc) is 4.28. The topological polar surface area (TPSA) is 265 Å². The molecule has 20 heteroatoms. The van der Waals surface area contributed by atoms with E-state index in [1.807, 2.05) is 77.9 Å². The van der Waals surface area contributed by atoms with Crippen molar-refractivity contribution in [2.24, 2.45) is 10.8 Å². The van der Waals surface area contributed by atoms with Crippen LogP contribution in [-0.2, 0) is 41.6 Å². The first-order chi connectivity index (χ1) is 38.9. The molecule has 2 saturated heterocycles. The highest BCUT2D eigenvalue weighted by molar-refractivity contribution is 5.98. The fourth-order valence-electron chi connectivity index (χ4n) is 11.5. The standard InChI is InChI=1S/C62H82N12O8/c1-35(63-9)53(75)71-51(61(3,4)5)59(81)73-33-41(29-49(73)57(79)69-45-23-15-19-37-17-11-13-21-43(37)45)67-55(77)39-25-27-47(65-31-39)48-28-26-40(32-66-48)56(78)68-42-30-50(58(80)70-46-24-16-20-38-18-12-14-22-44(38)46)74(34-42)60(82)52(62(6,7)8)72-54(76)36(2)64-10/h11-14,17-18,21-22,25-28,31-32,35-36,41-42,45-46,49-52,63-64H,15-16,19-20,23-24,29-30,33-34H2,1-10H3,(H,67,77)(H,68,78)(H,69,79)(H,70,80)(H,71,75)(H,72,76). The van der Waals surface area contributed by atoms with Crippen LogP contribution < -0.4 is 42.5 Å². The molecule has 2 aromatic heterocycles. The molecular weight excluding hydrogens is 1040 g/mol. The number of rotatable bonds is 17. The van der Waals surface area contributed by atoms with Crippen molar-refractivity contribution in [3.63, 3.8) is 0 Å². The lowest BCUT2D eigenvalue weighted by molar-refractivity contribution is -0.144. The van der Waals surface area contributed by atoms with E-state index >= 15 is 0 Å². The summed E-state index contributed by atoms with van der Waals surface area (Å²) in [5, 5.41) is 24.2. The molecular formula is C62H82N12O8. The zero-order valence-electron chi connectivity index (χ0n) is 49.0. The highest BCUT2D eigenvalue weighted by Gasteiger charge is 2.48. The van der Waals surface area contributed by atoms with Gasteiger partial charge in [-0.15, -0.1) is 0 Å². The molecule has 8 rings (SSSR count). The maximum absolute atomic E-state index is 14.6. The second-order valence-electron chi connectivity index (χ2n) is 24.6. The second-order valence-corrected chi connectivity index (χ2v) is 24.6. The number of benzene rings is 2. The van der Waals surface area contributed by atoms with Crippen LogP contribution in [0.15, 0.2) is 85.2 Å². The number of hydrogen-bond donors (Lipinski definition) is 8. The fraction of sp³-hybridized carbons (Fsp3) is 0.516. The molecule has 0 saturated carbocycles. The van der Waals surface area contributed by atoms with Crippen LogP contribution in [0.25, 0.3) is 11.4 Å². The Balaban J connectivity index is 0.937. The molecule has 4 heterocycles. The fourth-order valence-corrected chi connectivity index (χ4v) is 11.5. The molecule has 4 aliphatic rings. The van der Waals surface area contributed by atoms with Crippen molar-refractivity contribution in [2.45, 2.75) is 167 Å². The van der Waals surface area contributed by atoms with Crippen LogP contribution in [-0.4, -0.2) is 143 Å². The summed E-state index contributed by atoms with van der Waals surface area (Å²) >= 11 is 0. The number of fused-ring (bicyclic) bond motifs is 2. The Kier molecular flexibility index (Phi) is 19.0. The molecule has 8 N–H and O–H groups in total. The monoisotopic (exact) mass is 1120 g/mol. The summed E-state index contributed by atoms with van der Waals surface area (Å²) in [6, 6.07) is 15.8. The molecule has 82 heavy (non-hydrogen) atoms. The van der Waals surface area contributed by atoms with Crippen molar-refractivity contribution < 1.29 is 38.4 Å². The second kappa shape index (κ2) is 25.7. The molecule has 2 fully saturated rings. The number of hydrogen-bond acceptors (Lipinski definition) is 12. The Bertz CT molecular complexity index is 2810. The lowest BCUT2D eigenvalue weighted by Crippen LogP contribution is -2.59. The van der Waals surface area contributed by atoms with Crippen LogP contribution in [0, 0.1) is 10.8 Å². The summed E-state index contributed by atoms with van der Waals surface area (Å²) in [6.07, 6.45) is 8.21. The molecule has 438 valence electrons.